The average molecular weight is 522 g/mol. The smallest absolute Gasteiger partial charge is 0.256 e. The Kier molecular flexibility index (Phi) is 9.04. The largest absolute Gasteiger partial charge is 0.350 e. The van der Waals surface area contributed by atoms with Crippen LogP contribution in [0.15, 0.2) is 53.2 Å². The van der Waals surface area contributed by atoms with Gasteiger partial charge in [-0.3, -0.25) is 4.79 Å². The molecule has 3 rings (SSSR count). The highest BCUT2D eigenvalue weighted by Gasteiger charge is 2.26. The molecule has 0 aliphatic carbocycles. The number of aromatic nitrogens is 2. The van der Waals surface area contributed by atoms with Crippen LogP contribution in [0, 0.1) is 5.41 Å². The van der Waals surface area contributed by atoms with Crippen molar-refractivity contribution in [2.24, 2.45) is 10.4 Å². The minimum Gasteiger partial charge on any atom is -0.350 e. The second-order valence-corrected chi connectivity index (χ2v) is 11.6. The number of carbonyl (C=O) groups excluding carboxylic acids is 1. The molecule has 0 atom stereocenters. The Labute approximate surface area is 225 Å². The molecule has 0 saturated carbocycles. The number of nitrogens with zero attached hydrogens (tertiary/aromatic N) is 3. The summed E-state index contributed by atoms with van der Waals surface area (Å²) >= 11 is 0. The maximum Gasteiger partial charge on any atom is 0.256 e. The topological polar surface area (TPSA) is 103 Å². The van der Waals surface area contributed by atoms with Gasteiger partial charge in [-0.25, -0.2) is 14.4 Å². The van der Waals surface area contributed by atoms with Gasteiger partial charge in [0.1, 0.15) is 23.0 Å². The van der Waals surface area contributed by atoms with Crippen LogP contribution in [0.1, 0.15) is 76.4 Å². The molecular formula is C29H40FN7O. The number of hydrogen-bond donors (Lipinski definition) is 4. The van der Waals surface area contributed by atoms with Crippen molar-refractivity contribution in [2.75, 3.05) is 17.2 Å². The summed E-state index contributed by atoms with van der Waals surface area (Å²) in [6.45, 7) is 18.4. The minimum absolute atomic E-state index is 0.0793. The van der Waals surface area contributed by atoms with E-state index in [1.165, 1.54) is 29.5 Å². The van der Waals surface area contributed by atoms with Crippen molar-refractivity contribution in [1.82, 2.24) is 20.6 Å². The highest BCUT2D eigenvalue weighted by Crippen LogP contribution is 2.31. The van der Waals surface area contributed by atoms with Crippen LogP contribution >= 0.6 is 0 Å². The second-order valence-electron chi connectivity index (χ2n) is 11.6. The predicted molar refractivity (Wildman–Crippen MR) is 154 cm³/mol. The second kappa shape index (κ2) is 11.9. The Hall–Kier alpha value is -3.59. The summed E-state index contributed by atoms with van der Waals surface area (Å²) in [7, 11) is 0. The normalized spacial score (nSPS) is 15.6. The molecule has 4 N–H and O–H groups in total. The highest BCUT2D eigenvalue weighted by molar-refractivity contribution is 5.99. The molecule has 2 aromatic rings. The highest BCUT2D eigenvalue weighted by atomic mass is 19.1. The van der Waals surface area contributed by atoms with Crippen LogP contribution in [0.2, 0.25) is 0 Å². The zero-order valence-corrected chi connectivity index (χ0v) is 23.5. The number of hydrogen-bond acceptors (Lipinski definition) is 7. The van der Waals surface area contributed by atoms with Gasteiger partial charge in [-0.2, -0.15) is 4.98 Å². The summed E-state index contributed by atoms with van der Waals surface area (Å²) in [5, 5.41) is 12.7. The standard InChI is InChI=1S/C29H40FN7O/c1-18(2)34-26(38)22-17-32-27(35-21-10-11-23-19(15-21)13-14-33-29(23,6)7)37-25(22)36-24(31-8)12-9-20(30)16-28(3,4)5/h9-12,15,17-18,33H,8,13-14,16H2,1-7H3,(H,34,38)(H2,32,35,36,37)/b20-9+,24-12+. The summed E-state index contributed by atoms with van der Waals surface area (Å²) < 4.78 is 14.4. The molecule has 2 heterocycles. The molecule has 1 amide bonds. The van der Waals surface area contributed by atoms with E-state index in [4.69, 9.17) is 0 Å². The number of nitrogens with one attached hydrogen (secondary N) is 4. The van der Waals surface area contributed by atoms with Crippen LogP contribution in [0.25, 0.3) is 0 Å². The zero-order valence-electron chi connectivity index (χ0n) is 23.5. The lowest BCUT2D eigenvalue weighted by Crippen LogP contribution is -2.42. The molecule has 38 heavy (non-hydrogen) atoms. The summed E-state index contributed by atoms with van der Waals surface area (Å²) in [6, 6.07) is 6.12. The fourth-order valence-electron chi connectivity index (χ4n) is 4.26. The van der Waals surface area contributed by atoms with Crippen molar-refractivity contribution in [3.05, 3.63) is 64.9 Å². The van der Waals surface area contributed by atoms with Crippen LogP contribution in [0.3, 0.4) is 0 Å². The first kappa shape index (κ1) is 29.0. The quantitative estimate of drug-likeness (QED) is 0.239. The maximum absolute atomic E-state index is 14.4. The monoisotopic (exact) mass is 521 g/mol. The van der Waals surface area contributed by atoms with Gasteiger partial charge in [0.15, 0.2) is 0 Å². The van der Waals surface area contributed by atoms with Gasteiger partial charge in [-0.1, -0.05) is 26.8 Å². The Morgan fingerprint density at radius 1 is 1.29 bits per heavy atom. The molecule has 1 aliphatic heterocycles. The van der Waals surface area contributed by atoms with Gasteiger partial charge in [0.2, 0.25) is 5.95 Å². The van der Waals surface area contributed by atoms with Gasteiger partial charge >= 0.3 is 0 Å². The molecule has 0 unspecified atom stereocenters. The van der Waals surface area contributed by atoms with Crippen LogP contribution < -0.4 is 21.3 Å². The van der Waals surface area contributed by atoms with E-state index in [9.17, 15) is 9.18 Å². The number of halogens is 1. The van der Waals surface area contributed by atoms with Crippen LogP contribution in [0.4, 0.5) is 21.8 Å². The Morgan fingerprint density at radius 2 is 2.03 bits per heavy atom. The molecule has 0 spiro atoms. The van der Waals surface area contributed by atoms with E-state index < -0.39 is 0 Å². The number of carbonyl (C=O) groups is 1. The van der Waals surface area contributed by atoms with Gasteiger partial charge in [0, 0.05) is 29.9 Å². The molecule has 0 saturated heterocycles. The first-order valence-electron chi connectivity index (χ1n) is 12.9. The SMILES string of the molecule is C=N/C(=C\C=C(\F)CC(C)(C)C)Nc1nc(Nc2ccc3c(c2)CCNC3(C)C)ncc1C(=O)NC(C)C. The van der Waals surface area contributed by atoms with Crippen molar-refractivity contribution in [1.29, 1.82) is 0 Å². The zero-order chi connectivity index (χ0) is 28.1. The van der Waals surface area contributed by atoms with Crippen molar-refractivity contribution < 1.29 is 9.18 Å². The van der Waals surface area contributed by atoms with Gasteiger partial charge in [-0.15, -0.1) is 0 Å². The summed E-state index contributed by atoms with van der Waals surface area (Å²) in [4.78, 5) is 25.8. The average Bonchev–Trinajstić information content (AvgIpc) is 2.80. The first-order chi connectivity index (χ1) is 17.8. The van der Waals surface area contributed by atoms with E-state index in [1.807, 2.05) is 40.7 Å². The fraction of sp³-hybridized carbons (Fsp3) is 0.448. The Balaban J connectivity index is 1.92. The van der Waals surface area contributed by atoms with Crippen LogP contribution in [0.5, 0.6) is 0 Å². The molecule has 204 valence electrons. The van der Waals surface area contributed by atoms with Crippen molar-refractivity contribution in [2.45, 2.75) is 72.9 Å². The number of benzene rings is 1. The molecule has 8 nitrogen and oxygen atoms in total. The third-order valence-electron chi connectivity index (χ3n) is 5.99. The molecule has 1 aromatic carbocycles. The molecule has 0 radical (unpaired) electrons. The molecule has 9 heteroatoms. The van der Waals surface area contributed by atoms with Crippen molar-refractivity contribution >= 4 is 30.1 Å². The summed E-state index contributed by atoms with van der Waals surface area (Å²) in [5.41, 5.74) is 3.31. The van der Waals surface area contributed by atoms with E-state index in [-0.39, 0.29) is 52.4 Å². The molecule has 1 aromatic heterocycles. The fourth-order valence-corrected chi connectivity index (χ4v) is 4.26. The number of aliphatic imine (C=N–C) groups is 1. The van der Waals surface area contributed by atoms with E-state index in [0.29, 0.717) is 5.95 Å². The van der Waals surface area contributed by atoms with Gasteiger partial charge < -0.3 is 21.3 Å². The Bertz CT molecular complexity index is 1240. The van der Waals surface area contributed by atoms with Crippen molar-refractivity contribution in [3.63, 3.8) is 0 Å². The number of fused-ring (bicyclic) bond motifs is 1. The lowest BCUT2D eigenvalue weighted by Gasteiger charge is -2.34. The number of amides is 1. The number of allylic oxidation sites excluding steroid dienone is 3. The third-order valence-corrected chi connectivity index (χ3v) is 5.99. The molecule has 0 bridgehead atoms. The molecular weight excluding hydrogens is 481 g/mol. The predicted octanol–water partition coefficient (Wildman–Crippen LogP) is 5.98. The number of rotatable bonds is 9. The van der Waals surface area contributed by atoms with Crippen LogP contribution in [-0.4, -0.2) is 35.2 Å². The molecule has 1 aliphatic rings. The Morgan fingerprint density at radius 3 is 2.68 bits per heavy atom. The van der Waals surface area contributed by atoms with E-state index in [2.05, 4.69) is 68.9 Å². The minimum atomic E-state index is -0.338. The van der Waals surface area contributed by atoms with E-state index in [1.54, 1.807) is 0 Å². The third kappa shape index (κ3) is 7.95. The van der Waals surface area contributed by atoms with E-state index in [0.717, 1.165) is 18.7 Å². The lowest BCUT2D eigenvalue weighted by atomic mass is 9.85. The summed E-state index contributed by atoms with van der Waals surface area (Å²) in [6.07, 6.45) is 5.49. The van der Waals surface area contributed by atoms with Gasteiger partial charge in [0.25, 0.3) is 5.91 Å². The van der Waals surface area contributed by atoms with Gasteiger partial charge in [0.05, 0.1) is 0 Å². The lowest BCUT2D eigenvalue weighted by molar-refractivity contribution is 0.0943. The van der Waals surface area contributed by atoms with E-state index >= 15 is 0 Å². The van der Waals surface area contributed by atoms with Crippen LogP contribution in [-0.2, 0) is 12.0 Å². The van der Waals surface area contributed by atoms with Crippen molar-refractivity contribution in [3.8, 4) is 0 Å². The van der Waals surface area contributed by atoms with Gasteiger partial charge in [-0.05, 0) is 88.2 Å². The summed E-state index contributed by atoms with van der Waals surface area (Å²) in [5.74, 6) is 0.164. The first-order valence-corrected chi connectivity index (χ1v) is 12.9. The maximum atomic E-state index is 14.4. The number of anilines is 3. The molecule has 0 fully saturated rings.